The molecule has 0 aliphatic carbocycles. The van der Waals surface area contributed by atoms with Crippen molar-refractivity contribution in [2.24, 2.45) is 0 Å². The summed E-state index contributed by atoms with van der Waals surface area (Å²) in [4.78, 5) is 2.15. The van der Waals surface area contributed by atoms with Crippen molar-refractivity contribution in [1.29, 1.82) is 0 Å². The van der Waals surface area contributed by atoms with E-state index in [0.29, 0.717) is 11.6 Å². The number of hydrogen-bond donors (Lipinski definition) is 0. The molecule has 0 spiro atoms. The normalized spacial score (nSPS) is 12.0. The zero-order valence-corrected chi connectivity index (χ0v) is 17.1. The summed E-state index contributed by atoms with van der Waals surface area (Å²) < 4.78 is 0. The molecule has 0 unspecified atom stereocenters. The zero-order chi connectivity index (χ0) is 16.7. The van der Waals surface area contributed by atoms with Crippen LogP contribution in [0, 0.1) is 35.3 Å². The maximum absolute atomic E-state index is 5.44. The van der Waals surface area contributed by atoms with E-state index in [4.69, 9.17) is 6.42 Å². The number of terminal acetylenes is 1. The van der Waals surface area contributed by atoms with Crippen molar-refractivity contribution in [3.05, 3.63) is 0 Å². The van der Waals surface area contributed by atoms with Gasteiger partial charge in [0, 0.05) is 0 Å². The molecule has 0 fully saturated rings. The van der Waals surface area contributed by atoms with Gasteiger partial charge < -0.3 is 0 Å². The Morgan fingerprint density at radius 3 is 1.71 bits per heavy atom. The van der Waals surface area contributed by atoms with E-state index < -0.39 is 16.1 Å². The molecule has 0 aromatic rings. The van der Waals surface area contributed by atoms with Crippen molar-refractivity contribution in [3.63, 3.8) is 0 Å². The molecule has 0 aromatic heterocycles. The lowest BCUT2D eigenvalue weighted by Gasteiger charge is -2.31. The minimum absolute atomic E-state index is 0.300. The Morgan fingerprint density at radius 1 is 0.857 bits per heavy atom. The van der Waals surface area contributed by atoms with Crippen molar-refractivity contribution in [2.75, 3.05) is 19.6 Å². The van der Waals surface area contributed by atoms with Gasteiger partial charge in [0.2, 0.25) is 0 Å². The number of nitrogens with zero attached hydrogens (tertiary/aromatic N) is 1. The van der Waals surface area contributed by atoms with E-state index in [-0.39, 0.29) is 0 Å². The lowest BCUT2D eigenvalue weighted by atomic mass is 10.2. The third kappa shape index (κ3) is 8.84. The predicted octanol–water partition coefficient (Wildman–Crippen LogP) is 3.85. The summed E-state index contributed by atoms with van der Waals surface area (Å²) in [7, 11) is -2.83. The molecule has 0 amide bonds. The molecule has 0 aliphatic rings. The first-order valence-electron chi connectivity index (χ1n) is 7.55. The van der Waals surface area contributed by atoms with Gasteiger partial charge in [-0.05, 0) is 5.04 Å². The molecule has 116 valence electrons. The number of hydrogen-bond acceptors (Lipinski definition) is 1. The van der Waals surface area contributed by atoms with Gasteiger partial charge in [0.25, 0.3) is 0 Å². The highest BCUT2D eigenvalue weighted by atomic mass is 28.3. The molecule has 0 radical (unpaired) electrons. The van der Waals surface area contributed by atoms with Crippen LogP contribution in [-0.4, -0.2) is 40.7 Å². The Hall–Kier alpha value is -0.926. The van der Waals surface area contributed by atoms with Gasteiger partial charge in [0.1, 0.15) is 16.1 Å². The van der Waals surface area contributed by atoms with Gasteiger partial charge >= 0.3 is 0 Å². The van der Waals surface area contributed by atoms with Crippen molar-refractivity contribution < 1.29 is 0 Å². The van der Waals surface area contributed by atoms with Gasteiger partial charge in [-0.15, -0.1) is 17.5 Å². The molecule has 1 nitrogen and oxygen atoms in total. The second-order valence-electron chi connectivity index (χ2n) is 8.08. The molecule has 0 saturated carbocycles. The second-order valence-corrected chi connectivity index (χ2v) is 17.8. The van der Waals surface area contributed by atoms with Gasteiger partial charge in [-0.25, -0.2) is 0 Å². The third-order valence-electron chi connectivity index (χ3n) is 3.66. The molecule has 0 N–H and O–H groups in total. The fraction of sp³-hybridized carbons (Fsp3) is 0.667. The van der Waals surface area contributed by atoms with Crippen molar-refractivity contribution in [1.82, 2.24) is 4.90 Å². The van der Waals surface area contributed by atoms with Gasteiger partial charge in [-0.2, -0.15) is 0 Å². The molecule has 21 heavy (non-hydrogen) atoms. The Morgan fingerprint density at radius 2 is 1.33 bits per heavy atom. The summed E-state index contributed by atoms with van der Waals surface area (Å²) in [6, 6.07) is 0. The summed E-state index contributed by atoms with van der Waals surface area (Å²) in [5.41, 5.74) is 6.91. The second kappa shape index (κ2) is 7.91. The van der Waals surface area contributed by atoms with Crippen molar-refractivity contribution in [2.45, 2.75) is 58.5 Å². The highest BCUT2D eigenvalue weighted by Gasteiger charge is 2.33. The lowest BCUT2D eigenvalue weighted by Crippen LogP contribution is -2.36. The average molecular weight is 318 g/mol. The summed E-state index contributed by atoms with van der Waals surface area (Å²) in [5.74, 6) is 9.33. The van der Waals surface area contributed by atoms with E-state index in [1.54, 1.807) is 0 Å². The van der Waals surface area contributed by atoms with Gasteiger partial charge in [-0.1, -0.05) is 71.3 Å². The van der Waals surface area contributed by atoms with Crippen LogP contribution in [-0.2, 0) is 0 Å². The standard InChI is InChI=1S/C18H31NSi2/c1-10-13-19(14-11-16-20(5,6)7)15-12-17-21(8,9)18(2,3)4/h1H,13-15H2,2-9H3. The maximum Gasteiger partial charge on any atom is 0.137 e. The highest BCUT2D eigenvalue weighted by Crippen LogP contribution is 2.34. The van der Waals surface area contributed by atoms with Crippen LogP contribution in [0.1, 0.15) is 20.8 Å². The first kappa shape index (κ1) is 20.1. The summed E-state index contributed by atoms with van der Waals surface area (Å²) in [6.45, 7) is 20.3. The van der Waals surface area contributed by atoms with Crippen LogP contribution in [0.25, 0.3) is 0 Å². The first-order chi connectivity index (χ1) is 9.39. The van der Waals surface area contributed by atoms with E-state index in [0.717, 1.165) is 13.1 Å². The van der Waals surface area contributed by atoms with E-state index >= 15 is 0 Å². The summed E-state index contributed by atoms with van der Waals surface area (Å²) in [5, 5.41) is 0.300. The molecular weight excluding hydrogens is 286 g/mol. The number of rotatable bonds is 3. The van der Waals surface area contributed by atoms with Gasteiger partial charge in [0.05, 0.1) is 19.6 Å². The van der Waals surface area contributed by atoms with Crippen LogP contribution >= 0.6 is 0 Å². The van der Waals surface area contributed by atoms with Gasteiger partial charge in [0.15, 0.2) is 0 Å². The summed E-state index contributed by atoms with van der Waals surface area (Å²) >= 11 is 0. The maximum atomic E-state index is 5.44. The Labute approximate surface area is 134 Å². The van der Waals surface area contributed by atoms with E-state index in [2.05, 4.69) is 87.3 Å². The van der Waals surface area contributed by atoms with Crippen LogP contribution in [0.2, 0.25) is 37.8 Å². The van der Waals surface area contributed by atoms with Gasteiger partial charge in [-0.3, -0.25) is 4.90 Å². The Balaban J connectivity index is 4.76. The Bertz CT molecular complexity index is 490. The largest absolute Gasteiger partial charge is 0.270 e. The van der Waals surface area contributed by atoms with Crippen LogP contribution < -0.4 is 0 Å². The van der Waals surface area contributed by atoms with E-state index in [1.807, 2.05) is 0 Å². The predicted molar refractivity (Wildman–Crippen MR) is 101 cm³/mol. The van der Waals surface area contributed by atoms with E-state index in [1.165, 1.54) is 0 Å². The monoisotopic (exact) mass is 317 g/mol. The van der Waals surface area contributed by atoms with E-state index in [9.17, 15) is 0 Å². The van der Waals surface area contributed by atoms with Crippen LogP contribution in [0.5, 0.6) is 0 Å². The fourth-order valence-electron chi connectivity index (χ4n) is 1.27. The minimum Gasteiger partial charge on any atom is -0.270 e. The van der Waals surface area contributed by atoms with Crippen molar-refractivity contribution in [3.8, 4) is 35.3 Å². The molecule has 0 aromatic carbocycles. The zero-order valence-electron chi connectivity index (χ0n) is 15.1. The van der Waals surface area contributed by atoms with Crippen LogP contribution in [0.3, 0.4) is 0 Å². The molecule has 0 bridgehead atoms. The quantitative estimate of drug-likeness (QED) is 0.564. The van der Waals surface area contributed by atoms with Crippen LogP contribution in [0.15, 0.2) is 0 Å². The molecule has 0 heterocycles. The lowest BCUT2D eigenvalue weighted by molar-refractivity contribution is 0.390. The summed E-state index contributed by atoms with van der Waals surface area (Å²) in [6.07, 6.45) is 5.44. The molecule has 0 rings (SSSR count). The Kier molecular flexibility index (Phi) is 7.56. The topological polar surface area (TPSA) is 3.24 Å². The fourth-order valence-corrected chi connectivity index (χ4v) is 2.78. The molecular formula is C18H31NSi2. The smallest absolute Gasteiger partial charge is 0.137 e. The van der Waals surface area contributed by atoms with Crippen molar-refractivity contribution >= 4 is 16.1 Å². The SMILES string of the molecule is C#CCN(CC#C[Si](C)(C)C)CC#C[Si](C)(C)C(C)(C)C. The average Bonchev–Trinajstić information content (AvgIpc) is 2.25. The van der Waals surface area contributed by atoms with Crippen LogP contribution in [0.4, 0.5) is 0 Å². The molecule has 0 atom stereocenters. The molecule has 0 saturated heterocycles. The highest BCUT2D eigenvalue weighted by molar-refractivity contribution is 6.87. The molecule has 3 heteroatoms. The minimum atomic E-state index is -1.52. The third-order valence-corrected chi connectivity index (χ3v) is 9.14. The molecule has 0 aliphatic heterocycles. The first-order valence-corrected chi connectivity index (χ1v) is 14.0.